The molecule has 0 bridgehead atoms. The van der Waals surface area contributed by atoms with Crippen molar-refractivity contribution in [3.05, 3.63) is 0 Å². The van der Waals surface area contributed by atoms with E-state index in [4.69, 9.17) is 5.11 Å². The van der Waals surface area contributed by atoms with Crippen LogP contribution in [0.4, 0.5) is 0 Å². The highest BCUT2D eigenvalue weighted by molar-refractivity contribution is 4.54. The van der Waals surface area contributed by atoms with E-state index in [1.807, 2.05) is 0 Å². The van der Waals surface area contributed by atoms with Crippen LogP contribution >= 0.6 is 0 Å². The number of quaternary nitrogens is 1. The molecule has 1 N–H and O–H groups in total. The van der Waals surface area contributed by atoms with Gasteiger partial charge in [0.05, 0.1) is 27.2 Å². The first-order valence-electron chi connectivity index (χ1n) is 5.98. The third-order valence-electron chi connectivity index (χ3n) is 3.24. The monoisotopic (exact) mass is 202 g/mol. The summed E-state index contributed by atoms with van der Waals surface area (Å²) in [6, 6.07) is 0. The van der Waals surface area contributed by atoms with Crippen molar-refractivity contribution in [3.63, 3.8) is 0 Å². The minimum absolute atomic E-state index is 0.304. The van der Waals surface area contributed by atoms with Crippen LogP contribution in [0.25, 0.3) is 0 Å². The van der Waals surface area contributed by atoms with E-state index in [2.05, 4.69) is 27.9 Å². The van der Waals surface area contributed by atoms with Crippen LogP contribution in [-0.4, -0.2) is 43.4 Å². The first-order chi connectivity index (χ1) is 6.55. The largest absolute Gasteiger partial charge is 0.391 e. The van der Waals surface area contributed by atoms with Crippen LogP contribution in [0, 0.1) is 5.92 Å². The van der Waals surface area contributed by atoms with E-state index in [-0.39, 0.29) is 0 Å². The Balaban J connectivity index is 3.60. The molecular formula is C12H28NO+. The highest BCUT2D eigenvalue weighted by Crippen LogP contribution is 2.15. The zero-order valence-corrected chi connectivity index (χ0v) is 10.4. The fraction of sp³-hybridized carbons (Fsp3) is 1.00. The van der Waals surface area contributed by atoms with Crippen LogP contribution in [0.3, 0.4) is 0 Å². The average Bonchev–Trinajstić information content (AvgIpc) is 2.12. The van der Waals surface area contributed by atoms with Gasteiger partial charge in [-0.3, -0.25) is 0 Å². The van der Waals surface area contributed by atoms with Gasteiger partial charge in [0, 0.05) is 0 Å². The zero-order chi connectivity index (χ0) is 11.0. The number of nitrogens with zero attached hydrogens (tertiary/aromatic N) is 1. The minimum atomic E-state index is 0.304. The number of hydrogen-bond acceptors (Lipinski definition) is 1. The van der Waals surface area contributed by atoms with Crippen molar-refractivity contribution in [1.29, 1.82) is 0 Å². The number of rotatable bonds is 8. The highest BCUT2D eigenvalue weighted by atomic mass is 16.3. The summed E-state index contributed by atoms with van der Waals surface area (Å²) in [4.78, 5) is 0. The standard InChI is InChI=1S/C12H28NO/c1-5-12(6-2)8-7-9-13(3,4)10-11-14/h12,14H,5-11H2,1-4H3/q+1. The maximum atomic E-state index is 8.89. The summed E-state index contributed by atoms with van der Waals surface area (Å²) in [6.45, 7) is 6.93. The van der Waals surface area contributed by atoms with Gasteiger partial charge < -0.3 is 9.59 Å². The summed E-state index contributed by atoms with van der Waals surface area (Å²) in [5, 5.41) is 8.89. The molecule has 0 aliphatic rings. The Morgan fingerprint density at radius 1 is 1.07 bits per heavy atom. The van der Waals surface area contributed by atoms with Gasteiger partial charge in [-0.05, 0) is 18.8 Å². The molecule has 0 saturated heterocycles. The van der Waals surface area contributed by atoms with E-state index in [1.165, 1.54) is 32.2 Å². The molecule has 0 aliphatic heterocycles. The first kappa shape index (κ1) is 13.9. The van der Waals surface area contributed by atoms with Gasteiger partial charge >= 0.3 is 0 Å². The molecule has 0 rings (SSSR count). The Labute approximate surface area is 89.5 Å². The summed E-state index contributed by atoms with van der Waals surface area (Å²) in [5.41, 5.74) is 0. The summed E-state index contributed by atoms with van der Waals surface area (Å²) >= 11 is 0. The van der Waals surface area contributed by atoms with Gasteiger partial charge in [-0.1, -0.05) is 26.7 Å². The second kappa shape index (κ2) is 7.24. The number of aliphatic hydroxyl groups excluding tert-OH is 1. The van der Waals surface area contributed by atoms with E-state index in [0.29, 0.717) is 6.61 Å². The van der Waals surface area contributed by atoms with E-state index in [0.717, 1.165) is 16.9 Å². The molecule has 86 valence electrons. The van der Waals surface area contributed by atoms with Gasteiger partial charge in [0.25, 0.3) is 0 Å². The number of likely N-dealkylation sites (N-methyl/N-ethyl adjacent to an activating group) is 1. The Bertz CT molecular complexity index is 130. The van der Waals surface area contributed by atoms with Crippen molar-refractivity contribution >= 4 is 0 Å². The fourth-order valence-corrected chi connectivity index (χ4v) is 1.89. The smallest absolute Gasteiger partial charge is 0.102 e. The van der Waals surface area contributed by atoms with Crippen molar-refractivity contribution < 1.29 is 9.59 Å². The summed E-state index contributed by atoms with van der Waals surface area (Å²) in [5.74, 6) is 0.907. The molecule has 2 nitrogen and oxygen atoms in total. The second-order valence-electron chi connectivity index (χ2n) is 4.93. The lowest BCUT2D eigenvalue weighted by molar-refractivity contribution is -0.890. The van der Waals surface area contributed by atoms with Gasteiger partial charge in [-0.25, -0.2) is 0 Å². The Hall–Kier alpha value is -0.0800. The van der Waals surface area contributed by atoms with Crippen LogP contribution in [0.15, 0.2) is 0 Å². The molecule has 0 fully saturated rings. The van der Waals surface area contributed by atoms with Crippen molar-refractivity contribution in [1.82, 2.24) is 0 Å². The summed E-state index contributed by atoms with van der Waals surface area (Å²) in [6.07, 6.45) is 5.26. The maximum Gasteiger partial charge on any atom is 0.102 e. The van der Waals surface area contributed by atoms with E-state index in [9.17, 15) is 0 Å². The normalized spacial score (nSPS) is 12.4. The summed E-state index contributed by atoms with van der Waals surface area (Å²) in [7, 11) is 4.40. The second-order valence-corrected chi connectivity index (χ2v) is 4.93. The molecule has 0 amide bonds. The van der Waals surface area contributed by atoms with Crippen LogP contribution in [0.5, 0.6) is 0 Å². The minimum Gasteiger partial charge on any atom is -0.391 e. The van der Waals surface area contributed by atoms with E-state index < -0.39 is 0 Å². The molecule has 2 heteroatoms. The topological polar surface area (TPSA) is 20.2 Å². The molecule has 0 aromatic carbocycles. The summed E-state index contributed by atoms with van der Waals surface area (Å²) < 4.78 is 0.955. The Kier molecular flexibility index (Phi) is 7.20. The Morgan fingerprint density at radius 2 is 1.64 bits per heavy atom. The molecule has 0 atom stereocenters. The molecule has 0 aromatic rings. The molecular weight excluding hydrogens is 174 g/mol. The third-order valence-corrected chi connectivity index (χ3v) is 3.24. The van der Waals surface area contributed by atoms with E-state index >= 15 is 0 Å². The fourth-order valence-electron chi connectivity index (χ4n) is 1.89. The lowest BCUT2D eigenvalue weighted by Crippen LogP contribution is -2.42. The Morgan fingerprint density at radius 3 is 2.07 bits per heavy atom. The predicted octanol–water partition coefficient (Wildman–Crippen LogP) is 2.27. The molecule has 0 aromatic heterocycles. The molecule has 14 heavy (non-hydrogen) atoms. The first-order valence-corrected chi connectivity index (χ1v) is 5.98. The van der Waals surface area contributed by atoms with Crippen molar-refractivity contribution in [2.45, 2.75) is 39.5 Å². The van der Waals surface area contributed by atoms with Crippen molar-refractivity contribution in [3.8, 4) is 0 Å². The molecule has 0 radical (unpaired) electrons. The van der Waals surface area contributed by atoms with Gasteiger partial charge in [0.15, 0.2) is 0 Å². The molecule has 0 saturated carbocycles. The van der Waals surface area contributed by atoms with Gasteiger partial charge in [-0.15, -0.1) is 0 Å². The van der Waals surface area contributed by atoms with Crippen molar-refractivity contribution in [2.75, 3.05) is 33.8 Å². The third kappa shape index (κ3) is 6.39. The lowest BCUT2D eigenvalue weighted by Gasteiger charge is -2.29. The molecule has 0 heterocycles. The molecule has 0 spiro atoms. The van der Waals surface area contributed by atoms with Crippen LogP contribution in [-0.2, 0) is 0 Å². The quantitative estimate of drug-likeness (QED) is 0.599. The van der Waals surface area contributed by atoms with Crippen molar-refractivity contribution in [2.24, 2.45) is 5.92 Å². The number of aliphatic hydroxyl groups is 1. The number of hydrogen-bond donors (Lipinski definition) is 1. The average molecular weight is 202 g/mol. The molecule has 0 unspecified atom stereocenters. The van der Waals surface area contributed by atoms with Crippen LogP contribution < -0.4 is 0 Å². The van der Waals surface area contributed by atoms with Crippen LogP contribution in [0.2, 0.25) is 0 Å². The zero-order valence-electron chi connectivity index (χ0n) is 10.4. The predicted molar refractivity (Wildman–Crippen MR) is 62.2 cm³/mol. The van der Waals surface area contributed by atoms with Crippen LogP contribution in [0.1, 0.15) is 39.5 Å². The highest BCUT2D eigenvalue weighted by Gasteiger charge is 2.14. The molecule has 0 aliphatic carbocycles. The van der Waals surface area contributed by atoms with E-state index in [1.54, 1.807) is 0 Å². The van der Waals surface area contributed by atoms with Gasteiger partial charge in [0.2, 0.25) is 0 Å². The lowest BCUT2D eigenvalue weighted by atomic mass is 9.97. The maximum absolute atomic E-state index is 8.89. The van der Waals surface area contributed by atoms with Gasteiger partial charge in [0.1, 0.15) is 6.54 Å². The van der Waals surface area contributed by atoms with Gasteiger partial charge in [-0.2, -0.15) is 0 Å². The SMILES string of the molecule is CCC(CC)CCC[N+](C)(C)CCO.